The van der Waals surface area contributed by atoms with Gasteiger partial charge >= 0.3 is 0 Å². The highest BCUT2D eigenvalue weighted by Gasteiger charge is 2.08. The van der Waals surface area contributed by atoms with Crippen molar-refractivity contribution in [2.45, 2.75) is 13.3 Å². The molecule has 0 atom stereocenters. The van der Waals surface area contributed by atoms with Crippen LogP contribution in [-0.4, -0.2) is 43.0 Å². The van der Waals surface area contributed by atoms with Gasteiger partial charge in [0.05, 0.1) is 11.9 Å². The average molecular weight is 391 g/mol. The van der Waals surface area contributed by atoms with Crippen LogP contribution >= 0.6 is 15.9 Å². The smallest absolute Gasteiger partial charge is 0.274 e. The van der Waals surface area contributed by atoms with Gasteiger partial charge in [0.15, 0.2) is 0 Å². The molecule has 5 nitrogen and oxygen atoms in total. The van der Waals surface area contributed by atoms with E-state index in [4.69, 9.17) is 0 Å². The molecule has 0 aliphatic carbocycles. The molecular weight excluding hydrogens is 368 g/mol. The Hall–Kier alpha value is -1.92. The number of nitrogens with one attached hydrogen (secondary N) is 2. The van der Waals surface area contributed by atoms with Gasteiger partial charge in [-0.05, 0) is 63.8 Å². The van der Waals surface area contributed by atoms with E-state index in [1.165, 1.54) is 0 Å². The lowest BCUT2D eigenvalue weighted by atomic mass is 10.2. The van der Waals surface area contributed by atoms with E-state index < -0.39 is 0 Å². The summed E-state index contributed by atoms with van der Waals surface area (Å²) < 4.78 is 0.963. The molecule has 2 aromatic rings. The fourth-order valence-corrected chi connectivity index (χ4v) is 2.51. The molecule has 0 aliphatic heterocycles. The molecule has 0 unspecified atom stereocenters. The maximum absolute atomic E-state index is 12.2. The van der Waals surface area contributed by atoms with Crippen molar-refractivity contribution in [2.24, 2.45) is 0 Å². The Balaban J connectivity index is 1.89. The van der Waals surface area contributed by atoms with E-state index in [9.17, 15) is 4.79 Å². The summed E-state index contributed by atoms with van der Waals surface area (Å²) in [6, 6.07) is 9.32. The normalized spacial score (nSPS) is 10.7. The molecule has 0 radical (unpaired) electrons. The summed E-state index contributed by atoms with van der Waals surface area (Å²) in [6.45, 7) is 3.91. The van der Waals surface area contributed by atoms with Crippen LogP contribution in [0.25, 0.3) is 0 Å². The van der Waals surface area contributed by atoms with Crippen molar-refractivity contribution in [3.8, 4) is 0 Å². The molecule has 0 bridgehead atoms. The first-order chi connectivity index (χ1) is 11.5. The van der Waals surface area contributed by atoms with Gasteiger partial charge in [-0.1, -0.05) is 22.0 Å². The predicted octanol–water partition coefficient (Wildman–Crippen LogP) is 3.77. The van der Waals surface area contributed by atoms with E-state index in [-0.39, 0.29) is 5.91 Å². The fourth-order valence-electron chi connectivity index (χ4n) is 2.13. The molecule has 1 heterocycles. The number of rotatable bonds is 7. The number of halogens is 1. The van der Waals surface area contributed by atoms with Gasteiger partial charge in [-0.3, -0.25) is 4.79 Å². The summed E-state index contributed by atoms with van der Waals surface area (Å²) in [6.07, 6.45) is 2.74. The van der Waals surface area contributed by atoms with Gasteiger partial charge in [-0.15, -0.1) is 0 Å². The number of nitrogens with zero attached hydrogens (tertiary/aromatic N) is 2. The van der Waals surface area contributed by atoms with E-state index in [0.717, 1.165) is 40.9 Å². The van der Waals surface area contributed by atoms with Gasteiger partial charge in [0.1, 0.15) is 5.69 Å². The molecular formula is C18H23BrN4O. The van der Waals surface area contributed by atoms with Crippen LogP contribution < -0.4 is 10.6 Å². The molecule has 6 heteroatoms. The Morgan fingerprint density at radius 2 is 1.96 bits per heavy atom. The summed E-state index contributed by atoms with van der Waals surface area (Å²) in [7, 11) is 4.11. The largest absolute Gasteiger partial charge is 0.384 e. The van der Waals surface area contributed by atoms with Crippen molar-refractivity contribution >= 4 is 33.2 Å². The maximum Gasteiger partial charge on any atom is 0.274 e. The average Bonchev–Trinajstić information content (AvgIpc) is 2.55. The number of amides is 1. The number of carbonyl (C=O) groups excluding carboxylic acids is 1. The van der Waals surface area contributed by atoms with Crippen LogP contribution in [0.4, 0.5) is 11.4 Å². The number of aromatic nitrogens is 1. The molecule has 1 aromatic carbocycles. The first kappa shape index (κ1) is 18.4. The second kappa shape index (κ2) is 8.80. The van der Waals surface area contributed by atoms with Crippen LogP contribution in [0.5, 0.6) is 0 Å². The van der Waals surface area contributed by atoms with Gasteiger partial charge in [0, 0.05) is 16.7 Å². The molecule has 0 saturated heterocycles. The van der Waals surface area contributed by atoms with E-state index in [2.05, 4.69) is 50.5 Å². The van der Waals surface area contributed by atoms with Crippen LogP contribution in [0.2, 0.25) is 0 Å². The van der Waals surface area contributed by atoms with Crippen LogP contribution in [0.3, 0.4) is 0 Å². The number of aryl methyl sites for hydroxylation is 1. The second-order valence-corrected chi connectivity index (χ2v) is 6.79. The number of pyridine rings is 1. The van der Waals surface area contributed by atoms with Gasteiger partial charge in [0.25, 0.3) is 5.91 Å². The van der Waals surface area contributed by atoms with Crippen LogP contribution in [0, 0.1) is 6.92 Å². The summed E-state index contributed by atoms with van der Waals surface area (Å²) in [5.74, 6) is -0.218. The van der Waals surface area contributed by atoms with Crippen LogP contribution in [0.1, 0.15) is 22.5 Å². The Morgan fingerprint density at radius 1 is 1.21 bits per heavy atom. The zero-order chi connectivity index (χ0) is 17.5. The number of hydrogen-bond acceptors (Lipinski definition) is 4. The molecule has 0 spiro atoms. The lowest BCUT2D eigenvalue weighted by Crippen LogP contribution is -2.16. The second-order valence-electron chi connectivity index (χ2n) is 5.93. The van der Waals surface area contributed by atoms with Crippen molar-refractivity contribution in [3.05, 3.63) is 52.3 Å². The lowest BCUT2D eigenvalue weighted by Gasteiger charge is -2.11. The topological polar surface area (TPSA) is 57.3 Å². The highest BCUT2D eigenvalue weighted by Crippen LogP contribution is 2.21. The number of hydrogen-bond donors (Lipinski definition) is 2. The van der Waals surface area contributed by atoms with Gasteiger partial charge in [-0.2, -0.15) is 0 Å². The van der Waals surface area contributed by atoms with Gasteiger partial charge in [-0.25, -0.2) is 4.98 Å². The molecule has 0 aliphatic rings. The van der Waals surface area contributed by atoms with Gasteiger partial charge < -0.3 is 15.5 Å². The monoisotopic (exact) mass is 390 g/mol. The first-order valence-corrected chi connectivity index (χ1v) is 8.67. The first-order valence-electron chi connectivity index (χ1n) is 7.88. The Kier molecular flexibility index (Phi) is 6.75. The maximum atomic E-state index is 12.2. The third kappa shape index (κ3) is 5.62. The van der Waals surface area contributed by atoms with Crippen molar-refractivity contribution in [1.29, 1.82) is 0 Å². The lowest BCUT2D eigenvalue weighted by molar-refractivity contribution is 0.102. The molecule has 2 rings (SSSR count). The van der Waals surface area contributed by atoms with Crippen molar-refractivity contribution in [1.82, 2.24) is 9.88 Å². The molecule has 1 aromatic heterocycles. The van der Waals surface area contributed by atoms with Crippen molar-refractivity contribution in [3.63, 3.8) is 0 Å². The van der Waals surface area contributed by atoms with Crippen LogP contribution in [0.15, 0.2) is 41.0 Å². The summed E-state index contributed by atoms with van der Waals surface area (Å²) in [5.41, 5.74) is 3.18. The van der Waals surface area contributed by atoms with Gasteiger partial charge in [0.2, 0.25) is 0 Å². The Bertz CT molecular complexity index is 686. The molecule has 0 fully saturated rings. The molecule has 1 amide bonds. The quantitative estimate of drug-likeness (QED) is 0.706. The minimum atomic E-state index is -0.218. The molecule has 2 N–H and O–H groups in total. The summed E-state index contributed by atoms with van der Waals surface area (Å²) >= 11 is 3.46. The SMILES string of the molecule is Cc1ccc(NC(=O)c2ccc(NCCCN(C)C)cn2)cc1Br. The highest BCUT2D eigenvalue weighted by atomic mass is 79.9. The zero-order valence-corrected chi connectivity index (χ0v) is 15.9. The van der Waals surface area contributed by atoms with E-state index >= 15 is 0 Å². The third-order valence-electron chi connectivity index (χ3n) is 3.54. The summed E-state index contributed by atoms with van der Waals surface area (Å²) in [5, 5.41) is 6.16. The molecule has 0 saturated carbocycles. The van der Waals surface area contributed by atoms with E-state index in [1.807, 2.05) is 31.2 Å². The standard InChI is InChI=1S/C18H23BrN4O/c1-13-5-6-14(11-16(13)19)22-18(24)17-8-7-15(12-21-17)20-9-4-10-23(2)3/h5-8,11-12,20H,4,9-10H2,1-3H3,(H,22,24). The van der Waals surface area contributed by atoms with Crippen molar-refractivity contribution in [2.75, 3.05) is 37.8 Å². The van der Waals surface area contributed by atoms with Crippen molar-refractivity contribution < 1.29 is 4.79 Å². The minimum Gasteiger partial charge on any atom is -0.384 e. The molecule has 24 heavy (non-hydrogen) atoms. The van der Waals surface area contributed by atoms with Crippen LogP contribution in [-0.2, 0) is 0 Å². The Morgan fingerprint density at radius 3 is 2.58 bits per heavy atom. The van der Waals surface area contributed by atoms with E-state index in [0.29, 0.717) is 5.69 Å². The number of anilines is 2. The minimum absolute atomic E-state index is 0.218. The Labute approximate surface area is 151 Å². The number of carbonyl (C=O) groups is 1. The fraction of sp³-hybridized carbons (Fsp3) is 0.333. The third-order valence-corrected chi connectivity index (χ3v) is 4.39. The highest BCUT2D eigenvalue weighted by molar-refractivity contribution is 9.10. The zero-order valence-electron chi connectivity index (χ0n) is 14.3. The molecule has 128 valence electrons. The predicted molar refractivity (Wildman–Crippen MR) is 103 cm³/mol. The number of benzene rings is 1. The van der Waals surface area contributed by atoms with E-state index in [1.54, 1.807) is 12.3 Å². The summed E-state index contributed by atoms with van der Waals surface area (Å²) in [4.78, 5) is 18.6.